The van der Waals surface area contributed by atoms with E-state index in [2.05, 4.69) is 5.32 Å². The molecule has 0 aliphatic carbocycles. The van der Waals surface area contributed by atoms with Crippen LogP contribution in [0.1, 0.15) is 11.7 Å². The number of anilines is 1. The van der Waals surface area contributed by atoms with E-state index in [-0.39, 0.29) is 5.82 Å². The molecule has 2 aromatic carbocycles. The first-order chi connectivity index (χ1) is 8.66. The summed E-state index contributed by atoms with van der Waals surface area (Å²) in [6.45, 7) is 0.315. The van der Waals surface area contributed by atoms with Crippen molar-refractivity contribution >= 4 is 17.3 Å². The molecule has 2 rings (SSSR count). The van der Waals surface area contributed by atoms with E-state index in [0.29, 0.717) is 17.3 Å². The smallest absolute Gasteiger partial charge is 0.124 e. The van der Waals surface area contributed by atoms with Gasteiger partial charge in [-0.2, -0.15) is 0 Å². The first-order valence-electron chi connectivity index (χ1n) is 5.59. The molecule has 0 aromatic heterocycles. The summed E-state index contributed by atoms with van der Waals surface area (Å²) in [6, 6.07) is 13.4. The largest absolute Gasteiger partial charge is 0.387 e. The van der Waals surface area contributed by atoms with Gasteiger partial charge in [0.15, 0.2) is 0 Å². The predicted molar refractivity (Wildman–Crippen MR) is 71.3 cm³/mol. The Bertz CT molecular complexity index is 518. The van der Waals surface area contributed by atoms with E-state index in [1.807, 2.05) is 30.3 Å². The fraction of sp³-hybridized carbons (Fsp3) is 0.143. The van der Waals surface area contributed by atoms with Crippen LogP contribution in [0.25, 0.3) is 0 Å². The molecular formula is C14H13ClFNO. The fourth-order valence-electron chi connectivity index (χ4n) is 1.63. The normalized spacial score (nSPS) is 12.2. The van der Waals surface area contributed by atoms with Gasteiger partial charge in [-0.25, -0.2) is 4.39 Å². The van der Waals surface area contributed by atoms with Crippen molar-refractivity contribution in [3.8, 4) is 0 Å². The number of aliphatic hydroxyl groups excluding tert-OH is 1. The molecule has 18 heavy (non-hydrogen) atoms. The fourth-order valence-corrected chi connectivity index (χ4v) is 1.87. The first kappa shape index (κ1) is 12.9. The maximum Gasteiger partial charge on any atom is 0.124 e. The highest BCUT2D eigenvalue weighted by Gasteiger charge is 2.08. The zero-order valence-corrected chi connectivity index (χ0v) is 10.4. The molecule has 2 nitrogen and oxygen atoms in total. The van der Waals surface area contributed by atoms with Gasteiger partial charge in [0, 0.05) is 6.54 Å². The molecule has 0 saturated heterocycles. The Labute approximate surface area is 110 Å². The minimum atomic E-state index is -0.632. The van der Waals surface area contributed by atoms with Crippen molar-refractivity contribution in [2.45, 2.75) is 6.10 Å². The summed E-state index contributed by atoms with van der Waals surface area (Å²) in [4.78, 5) is 0. The summed E-state index contributed by atoms with van der Waals surface area (Å²) in [5.41, 5.74) is 1.43. The van der Waals surface area contributed by atoms with Crippen molar-refractivity contribution in [1.29, 1.82) is 0 Å². The third-order valence-corrected chi connectivity index (χ3v) is 2.91. The summed E-state index contributed by atoms with van der Waals surface area (Å²) < 4.78 is 12.8. The van der Waals surface area contributed by atoms with Crippen molar-refractivity contribution in [2.75, 3.05) is 11.9 Å². The molecule has 0 aliphatic rings. The van der Waals surface area contributed by atoms with Crippen molar-refractivity contribution in [3.05, 3.63) is 64.9 Å². The second kappa shape index (κ2) is 5.85. The van der Waals surface area contributed by atoms with E-state index in [1.54, 1.807) is 6.07 Å². The average Bonchev–Trinajstić information content (AvgIpc) is 2.38. The number of hydrogen-bond acceptors (Lipinski definition) is 2. The van der Waals surface area contributed by atoms with Gasteiger partial charge >= 0.3 is 0 Å². The number of hydrogen-bond donors (Lipinski definition) is 2. The lowest BCUT2D eigenvalue weighted by atomic mass is 10.1. The second-order valence-corrected chi connectivity index (χ2v) is 4.34. The highest BCUT2D eigenvalue weighted by Crippen LogP contribution is 2.23. The van der Waals surface area contributed by atoms with E-state index < -0.39 is 6.10 Å². The standard InChI is InChI=1S/C14H13ClFNO/c15-12-8-11(16)6-7-13(12)17-9-14(18)10-4-2-1-3-5-10/h1-8,14,17-18H,9H2. The van der Waals surface area contributed by atoms with Gasteiger partial charge in [-0.15, -0.1) is 0 Å². The van der Waals surface area contributed by atoms with Crippen molar-refractivity contribution in [3.63, 3.8) is 0 Å². The van der Waals surface area contributed by atoms with Gasteiger partial charge in [0.2, 0.25) is 0 Å². The summed E-state index contributed by atoms with van der Waals surface area (Å²) in [5.74, 6) is -0.380. The molecule has 4 heteroatoms. The average molecular weight is 266 g/mol. The SMILES string of the molecule is OC(CNc1ccc(F)cc1Cl)c1ccccc1. The molecule has 2 N–H and O–H groups in total. The van der Waals surface area contributed by atoms with Crippen LogP contribution in [0.4, 0.5) is 10.1 Å². The molecule has 0 bridgehead atoms. The van der Waals surface area contributed by atoms with Crippen LogP contribution >= 0.6 is 11.6 Å². The van der Waals surface area contributed by atoms with Gasteiger partial charge in [0.25, 0.3) is 0 Å². The van der Waals surface area contributed by atoms with Gasteiger partial charge in [-0.05, 0) is 23.8 Å². The Hall–Kier alpha value is -1.58. The number of nitrogens with one attached hydrogen (secondary N) is 1. The Morgan fingerprint density at radius 1 is 1.17 bits per heavy atom. The Morgan fingerprint density at radius 2 is 1.89 bits per heavy atom. The molecule has 94 valence electrons. The molecular weight excluding hydrogens is 253 g/mol. The van der Waals surface area contributed by atoms with Crippen LogP contribution in [0.5, 0.6) is 0 Å². The summed E-state index contributed by atoms with van der Waals surface area (Å²) in [7, 11) is 0. The zero-order valence-electron chi connectivity index (χ0n) is 9.61. The quantitative estimate of drug-likeness (QED) is 0.885. The van der Waals surface area contributed by atoms with E-state index >= 15 is 0 Å². The summed E-state index contributed by atoms with van der Waals surface area (Å²) >= 11 is 5.87. The zero-order chi connectivity index (χ0) is 13.0. The Balaban J connectivity index is 1.99. The first-order valence-corrected chi connectivity index (χ1v) is 5.96. The Morgan fingerprint density at radius 3 is 2.56 bits per heavy atom. The molecule has 0 aliphatic heterocycles. The number of benzene rings is 2. The molecule has 2 aromatic rings. The maximum absolute atomic E-state index is 12.8. The maximum atomic E-state index is 12.8. The minimum absolute atomic E-state index is 0.301. The van der Waals surface area contributed by atoms with Crippen LogP contribution in [0.15, 0.2) is 48.5 Å². The van der Waals surface area contributed by atoms with E-state index in [0.717, 1.165) is 5.56 Å². The molecule has 0 spiro atoms. The van der Waals surface area contributed by atoms with Crippen molar-refractivity contribution in [1.82, 2.24) is 0 Å². The van der Waals surface area contributed by atoms with Gasteiger partial charge in [-0.1, -0.05) is 41.9 Å². The number of aliphatic hydroxyl groups is 1. The topological polar surface area (TPSA) is 32.3 Å². The van der Waals surface area contributed by atoms with Gasteiger partial charge in [-0.3, -0.25) is 0 Å². The lowest BCUT2D eigenvalue weighted by Gasteiger charge is -2.14. The number of halogens is 2. The summed E-state index contributed by atoms with van der Waals surface area (Å²) in [6.07, 6.45) is -0.632. The van der Waals surface area contributed by atoms with E-state index in [4.69, 9.17) is 11.6 Å². The van der Waals surface area contributed by atoms with Crippen LogP contribution < -0.4 is 5.32 Å². The highest BCUT2D eigenvalue weighted by molar-refractivity contribution is 6.33. The highest BCUT2D eigenvalue weighted by atomic mass is 35.5. The summed E-state index contributed by atoms with van der Waals surface area (Å²) in [5, 5.41) is 13.2. The van der Waals surface area contributed by atoms with Gasteiger partial charge < -0.3 is 10.4 Å². The lowest BCUT2D eigenvalue weighted by molar-refractivity contribution is 0.191. The van der Waals surface area contributed by atoms with Gasteiger partial charge in [0.05, 0.1) is 16.8 Å². The Kier molecular flexibility index (Phi) is 4.18. The third-order valence-electron chi connectivity index (χ3n) is 2.60. The predicted octanol–water partition coefficient (Wildman–Crippen LogP) is 3.62. The molecule has 0 heterocycles. The lowest BCUT2D eigenvalue weighted by Crippen LogP contribution is -2.12. The van der Waals surface area contributed by atoms with Crippen LogP contribution in [0.3, 0.4) is 0 Å². The molecule has 0 amide bonds. The van der Waals surface area contributed by atoms with E-state index in [1.165, 1.54) is 12.1 Å². The molecule has 0 saturated carbocycles. The van der Waals surface area contributed by atoms with E-state index in [9.17, 15) is 9.50 Å². The number of rotatable bonds is 4. The molecule has 0 radical (unpaired) electrons. The molecule has 1 atom stereocenters. The monoisotopic (exact) mass is 265 g/mol. The van der Waals surface area contributed by atoms with Crippen LogP contribution in [-0.2, 0) is 0 Å². The molecule has 0 fully saturated rings. The van der Waals surface area contributed by atoms with Gasteiger partial charge in [0.1, 0.15) is 5.82 Å². The second-order valence-electron chi connectivity index (χ2n) is 3.93. The van der Waals surface area contributed by atoms with Crippen molar-refractivity contribution in [2.24, 2.45) is 0 Å². The van der Waals surface area contributed by atoms with Crippen LogP contribution in [0.2, 0.25) is 5.02 Å². The third kappa shape index (κ3) is 3.22. The van der Waals surface area contributed by atoms with Crippen LogP contribution in [0, 0.1) is 5.82 Å². The molecule has 1 unspecified atom stereocenters. The van der Waals surface area contributed by atoms with Crippen LogP contribution in [-0.4, -0.2) is 11.7 Å². The van der Waals surface area contributed by atoms with Crippen molar-refractivity contribution < 1.29 is 9.50 Å². The minimum Gasteiger partial charge on any atom is -0.387 e.